The zero-order valence-electron chi connectivity index (χ0n) is 11.6. The molecule has 1 heterocycles. The van der Waals surface area contributed by atoms with Gasteiger partial charge in [0.25, 0.3) is 0 Å². The fourth-order valence-corrected chi connectivity index (χ4v) is 1.91. The Morgan fingerprint density at radius 3 is 2.80 bits per heavy atom. The number of anilines is 2. The largest absolute Gasteiger partial charge is 0.447 e. The molecule has 6 nitrogen and oxygen atoms in total. The third-order valence-corrected chi connectivity index (χ3v) is 3.21. The highest BCUT2D eigenvalue weighted by Gasteiger charge is 2.24. The summed E-state index contributed by atoms with van der Waals surface area (Å²) in [6.45, 7) is 4.68. The standard InChI is InChI=1S/C14H19N3O3/c1-9(2)12(15)13(18)16-10-4-3-5-11(8-10)17-6-7-20-14(17)19/h3-5,8-9,12H,6-7,15H2,1-2H3,(H,16,18)/t12-/m1/s1. The van der Waals surface area contributed by atoms with Gasteiger partial charge in [0.1, 0.15) is 6.61 Å². The summed E-state index contributed by atoms with van der Waals surface area (Å²) in [5.74, 6) is -0.173. The maximum Gasteiger partial charge on any atom is 0.414 e. The van der Waals surface area contributed by atoms with Gasteiger partial charge in [-0.05, 0) is 24.1 Å². The summed E-state index contributed by atoms with van der Waals surface area (Å²) >= 11 is 0. The number of ether oxygens (including phenoxy) is 1. The van der Waals surface area contributed by atoms with Crippen LogP contribution in [0.3, 0.4) is 0 Å². The Bertz CT molecular complexity index is 516. The SMILES string of the molecule is CC(C)[C@@H](N)C(=O)Nc1cccc(N2CCOC2=O)c1. The van der Waals surface area contributed by atoms with Crippen LogP contribution >= 0.6 is 0 Å². The molecule has 2 amide bonds. The average molecular weight is 277 g/mol. The van der Waals surface area contributed by atoms with Crippen molar-refractivity contribution in [2.75, 3.05) is 23.4 Å². The first-order valence-corrected chi connectivity index (χ1v) is 6.60. The molecule has 6 heteroatoms. The Morgan fingerprint density at radius 1 is 1.45 bits per heavy atom. The monoisotopic (exact) mass is 277 g/mol. The highest BCUT2D eigenvalue weighted by Crippen LogP contribution is 2.22. The predicted molar refractivity (Wildman–Crippen MR) is 76.6 cm³/mol. The third-order valence-electron chi connectivity index (χ3n) is 3.21. The first-order valence-electron chi connectivity index (χ1n) is 6.60. The van der Waals surface area contributed by atoms with Crippen molar-refractivity contribution in [3.8, 4) is 0 Å². The lowest BCUT2D eigenvalue weighted by Crippen LogP contribution is -2.39. The summed E-state index contributed by atoms with van der Waals surface area (Å²) < 4.78 is 4.89. The smallest absolute Gasteiger partial charge is 0.414 e. The molecular formula is C14H19N3O3. The van der Waals surface area contributed by atoms with Crippen LogP contribution in [0.15, 0.2) is 24.3 Å². The molecule has 0 bridgehead atoms. The Labute approximate surface area is 117 Å². The van der Waals surface area contributed by atoms with Gasteiger partial charge >= 0.3 is 6.09 Å². The second-order valence-corrected chi connectivity index (χ2v) is 5.08. The van der Waals surface area contributed by atoms with Crippen LogP contribution in [0, 0.1) is 5.92 Å². The molecule has 1 saturated heterocycles. The Morgan fingerprint density at radius 2 is 2.20 bits per heavy atom. The zero-order chi connectivity index (χ0) is 14.7. The van der Waals surface area contributed by atoms with Gasteiger partial charge in [0.2, 0.25) is 5.91 Å². The van der Waals surface area contributed by atoms with Crippen molar-refractivity contribution in [2.24, 2.45) is 11.7 Å². The number of hydrogen-bond donors (Lipinski definition) is 2. The number of nitrogens with two attached hydrogens (primary N) is 1. The fraction of sp³-hybridized carbons (Fsp3) is 0.429. The van der Waals surface area contributed by atoms with Gasteiger partial charge < -0.3 is 15.8 Å². The lowest BCUT2D eigenvalue weighted by Gasteiger charge is -2.17. The number of nitrogens with one attached hydrogen (secondary N) is 1. The molecule has 0 unspecified atom stereocenters. The molecule has 20 heavy (non-hydrogen) atoms. The molecule has 1 fully saturated rings. The second-order valence-electron chi connectivity index (χ2n) is 5.08. The van der Waals surface area contributed by atoms with Gasteiger partial charge in [0, 0.05) is 11.4 Å². The van der Waals surface area contributed by atoms with E-state index in [1.165, 1.54) is 4.90 Å². The molecule has 1 aliphatic rings. The van der Waals surface area contributed by atoms with Crippen molar-refractivity contribution in [3.63, 3.8) is 0 Å². The summed E-state index contributed by atoms with van der Waals surface area (Å²) in [4.78, 5) is 24.9. The third kappa shape index (κ3) is 3.08. The molecule has 1 atom stereocenters. The summed E-state index contributed by atoms with van der Waals surface area (Å²) in [5.41, 5.74) is 7.11. The fourth-order valence-electron chi connectivity index (χ4n) is 1.91. The molecule has 0 spiro atoms. The molecule has 108 valence electrons. The van der Waals surface area contributed by atoms with Gasteiger partial charge in [0.05, 0.1) is 12.6 Å². The molecule has 2 rings (SSSR count). The van der Waals surface area contributed by atoms with E-state index in [1.54, 1.807) is 24.3 Å². The number of carbonyl (C=O) groups is 2. The number of carbonyl (C=O) groups excluding carboxylic acids is 2. The van der Waals surface area contributed by atoms with Gasteiger partial charge in [-0.3, -0.25) is 9.69 Å². The van der Waals surface area contributed by atoms with Crippen molar-refractivity contribution >= 4 is 23.4 Å². The first-order chi connectivity index (χ1) is 9.49. The second kappa shape index (κ2) is 5.92. The minimum atomic E-state index is -0.560. The molecule has 0 aliphatic carbocycles. The van der Waals surface area contributed by atoms with Gasteiger partial charge in [-0.1, -0.05) is 19.9 Å². The van der Waals surface area contributed by atoms with E-state index in [4.69, 9.17) is 10.5 Å². The number of cyclic esters (lactones) is 1. The van der Waals surface area contributed by atoms with Crippen molar-refractivity contribution in [1.82, 2.24) is 0 Å². The van der Waals surface area contributed by atoms with Crippen LogP contribution in [-0.4, -0.2) is 31.2 Å². The van der Waals surface area contributed by atoms with Crippen molar-refractivity contribution in [2.45, 2.75) is 19.9 Å². The van der Waals surface area contributed by atoms with Crippen LogP contribution in [0.4, 0.5) is 16.2 Å². The maximum atomic E-state index is 11.9. The van der Waals surface area contributed by atoms with E-state index in [-0.39, 0.29) is 17.9 Å². The zero-order valence-corrected chi connectivity index (χ0v) is 11.6. The van der Waals surface area contributed by atoms with E-state index in [0.717, 1.165) is 0 Å². The molecule has 1 aliphatic heterocycles. The van der Waals surface area contributed by atoms with Crippen LogP contribution < -0.4 is 16.0 Å². The Hall–Kier alpha value is -2.08. The van der Waals surface area contributed by atoms with Crippen LogP contribution in [-0.2, 0) is 9.53 Å². The quantitative estimate of drug-likeness (QED) is 0.874. The van der Waals surface area contributed by atoms with Gasteiger partial charge in [0.15, 0.2) is 0 Å². The van der Waals surface area contributed by atoms with E-state index in [0.29, 0.717) is 24.5 Å². The molecular weight excluding hydrogens is 258 g/mol. The van der Waals surface area contributed by atoms with Crippen molar-refractivity contribution in [3.05, 3.63) is 24.3 Å². The summed E-state index contributed by atoms with van der Waals surface area (Å²) in [6.07, 6.45) is -0.368. The van der Waals surface area contributed by atoms with E-state index in [1.807, 2.05) is 13.8 Å². The van der Waals surface area contributed by atoms with Crippen LogP contribution in [0.25, 0.3) is 0 Å². The number of amides is 2. The molecule has 1 aromatic carbocycles. The lowest BCUT2D eigenvalue weighted by atomic mass is 10.0. The van der Waals surface area contributed by atoms with Crippen LogP contribution in [0.5, 0.6) is 0 Å². The molecule has 0 aromatic heterocycles. The number of benzene rings is 1. The molecule has 0 radical (unpaired) electrons. The van der Waals surface area contributed by atoms with E-state index in [9.17, 15) is 9.59 Å². The van der Waals surface area contributed by atoms with Gasteiger partial charge in [-0.15, -0.1) is 0 Å². The highest BCUT2D eigenvalue weighted by molar-refractivity contribution is 5.96. The highest BCUT2D eigenvalue weighted by atomic mass is 16.6. The van der Waals surface area contributed by atoms with Gasteiger partial charge in [-0.2, -0.15) is 0 Å². The topological polar surface area (TPSA) is 84.7 Å². The minimum Gasteiger partial charge on any atom is -0.447 e. The average Bonchev–Trinajstić information content (AvgIpc) is 2.84. The normalized spacial score (nSPS) is 16.2. The number of rotatable bonds is 4. The lowest BCUT2D eigenvalue weighted by molar-refractivity contribution is -0.118. The Kier molecular flexibility index (Phi) is 4.24. The number of hydrogen-bond acceptors (Lipinski definition) is 4. The predicted octanol–water partition coefficient (Wildman–Crippen LogP) is 1.56. The minimum absolute atomic E-state index is 0.0618. The summed E-state index contributed by atoms with van der Waals surface area (Å²) in [5, 5.41) is 2.76. The van der Waals surface area contributed by atoms with E-state index in [2.05, 4.69) is 5.32 Å². The number of nitrogens with zero attached hydrogens (tertiary/aromatic N) is 1. The molecule has 3 N–H and O–H groups in total. The maximum absolute atomic E-state index is 11.9. The Balaban J connectivity index is 2.10. The van der Waals surface area contributed by atoms with Crippen LogP contribution in [0.2, 0.25) is 0 Å². The van der Waals surface area contributed by atoms with Crippen LogP contribution in [0.1, 0.15) is 13.8 Å². The van der Waals surface area contributed by atoms with Crippen molar-refractivity contribution in [1.29, 1.82) is 0 Å². The van der Waals surface area contributed by atoms with E-state index < -0.39 is 6.04 Å². The summed E-state index contributed by atoms with van der Waals surface area (Å²) in [6, 6.07) is 6.51. The van der Waals surface area contributed by atoms with E-state index >= 15 is 0 Å². The van der Waals surface area contributed by atoms with Crippen molar-refractivity contribution < 1.29 is 14.3 Å². The first kappa shape index (κ1) is 14.3. The molecule has 1 aromatic rings. The molecule has 0 saturated carbocycles. The summed E-state index contributed by atoms with van der Waals surface area (Å²) in [7, 11) is 0. The van der Waals surface area contributed by atoms with Gasteiger partial charge in [-0.25, -0.2) is 4.79 Å².